The number of hydrogen-bond acceptors (Lipinski definition) is 7. The third kappa shape index (κ3) is 8.15. The largest absolute Gasteiger partial charge is 0.391 e. The lowest BCUT2D eigenvalue weighted by atomic mass is 10.0. The summed E-state index contributed by atoms with van der Waals surface area (Å²) >= 11 is 0. The number of rotatable bonds is 10. The Balaban J connectivity index is 1.46. The fraction of sp³-hybridized carbons (Fsp3) is 0.400. The first kappa shape index (κ1) is 26.3. The molecule has 0 spiro atoms. The van der Waals surface area contributed by atoms with Gasteiger partial charge in [-0.1, -0.05) is 24.3 Å². The van der Waals surface area contributed by atoms with E-state index in [1.807, 2.05) is 36.4 Å². The summed E-state index contributed by atoms with van der Waals surface area (Å²) in [5, 5.41) is 23.7. The second-order valence-corrected chi connectivity index (χ2v) is 8.50. The van der Waals surface area contributed by atoms with Crippen LogP contribution in [0.2, 0.25) is 0 Å². The molecule has 2 aromatic carbocycles. The van der Waals surface area contributed by atoms with Gasteiger partial charge in [-0.3, -0.25) is 24.5 Å². The number of anilines is 1. The quantitative estimate of drug-likeness (QED) is 0.247. The van der Waals surface area contributed by atoms with E-state index in [1.54, 1.807) is 12.1 Å². The molecule has 0 radical (unpaired) electrons. The summed E-state index contributed by atoms with van der Waals surface area (Å²) in [7, 11) is 0. The van der Waals surface area contributed by atoms with Crippen LogP contribution in [0.25, 0.3) is 0 Å². The smallest absolute Gasteiger partial charge is 0.268 e. The molecule has 10 heteroatoms. The van der Waals surface area contributed by atoms with Crippen molar-refractivity contribution >= 4 is 23.4 Å². The van der Waals surface area contributed by atoms with Gasteiger partial charge in [0.25, 0.3) is 11.8 Å². The molecule has 2 aromatic rings. The van der Waals surface area contributed by atoms with Gasteiger partial charge in [-0.05, 0) is 55.2 Å². The molecule has 1 saturated heterocycles. The zero-order valence-corrected chi connectivity index (χ0v) is 19.7. The maximum atomic E-state index is 12.4. The number of ether oxygens (including phenoxy) is 1. The molecule has 2 unspecified atom stereocenters. The molecule has 3 rings (SSSR count). The Morgan fingerprint density at radius 1 is 0.971 bits per heavy atom. The average molecular weight is 485 g/mol. The second-order valence-electron chi connectivity index (χ2n) is 8.50. The van der Waals surface area contributed by atoms with Crippen LogP contribution in [0.15, 0.2) is 48.5 Å². The Labute approximate surface area is 204 Å². The van der Waals surface area contributed by atoms with E-state index >= 15 is 0 Å². The van der Waals surface area contributed by atoms with Crippen molar-refractivity contribution in [3.63, 3.8) is 0 Å². The van der Waals surface area contributed by atoms with E-state index in [0.717, 1.165) is 42.7 Å². The lowest BCUT2D eigenvalue weighted by Gasteiger charge is -2.25. The van der Waals surface area contributed by atoms with Crippen molar-refractivity contribution in [2.45, 2.75) is 31.9 Å². The van der Waals surface area contributed by atoms with Crippen LogP contribution in [0.5, 0.6) is 0 Å². The number of aryl methyl sites for hydroxylation is 2. The number of carbonyl (C=O) groups excluding carboxylic acids is 3. The number of morpholine rings is 1. The first-order valence-electron chi connectivity index (χ1n) is 11.6. The normalized spacial score (nSPS) is 15.6. The molecule has 1 heterocycles. The van der Waals surface area contributed by atoms with Crippen LogP contribution in [0.4, 0.5) is 5.69 Å². The van der Waals surface area contributed by atoms with Crippen molar-refractivity contribution in [1.82, 2.24) is 15.7 Å². The number of aliphatic hydroxyl groups excluding tert-OH is 1. The van der Waals surface area contributed by atoms with Gasteiger partial charge in [0, 0.05) is 24.3 Å². The van der Waals surface area contributed by atoms with Gasteiger partial charge in [0.05, 0.1) is 25.9 Å². The monoisotopic (exact) mass is 484 g/mol. The zero-order chi connectivity index (χ0) is 25.2. The van der Waals surface area contributed by atoms with E-state index in [9.17, 15) is 19.5 Å². The standard InChI is InChI=1S/C25H32N4O6/c1-17(30)23(25(33)28-34)27-24(32)20-8-4-18(5-9-20)2-3-19-6-10-21(11-7-19)26-22(31)16-29-12-14-35-15-13-29/h4-11,17,23,30,34H,2-3,12-16H2,1H3,(H,26,31)(H,27,32)(H,28,33). The molecule has 0 aliphatic carbocycles. The molecular weight excluding hydrogens is 452 g/mol. The summed E-state index contributed by atoms with van der Waals surface area (Å²) in [6.45, 7) is 4.54. The van der Waals surface area contributed by atoms with E-state index < -0.39 is 24.0 Å². The lowest BCUT2D eigenvalue weighted by Crippen LogP contribution is -2.51. The molecule has 2 atom stereocenters. The summed E-state index contributed by atoms with van der Waals surface area (Å²) in [6, 6.07) is 13.4. The van der Waals surface area contributed by atoms with Gasteiger partial charge in [0.2, 0.25) is 5.91 Å². The fourth-order valence-electron chi connectivity index (χ4n) is 3.73. The molecule has 0 aromatic heterocycles. The number of benzene rings is 2. The highest BCUT2D eigenvalue weighted by Gasteiger charge is 2.25. The molecule has 0 bridgehead atoms. The molecule has 188 valence electrons. The number of amides is 3. The molecule has 1 fully saturated rings. The van der Waals surface area contributed by atoms with Gasteiger partial charge in [-0.25, -0.2) is 5.48 Å². The summed E-state index contributed by atoms with van der Waals surface area (Å²) in [6.07, 6.45) is 0.372. The maximum absolute atomic E-state index is 12.4. The highest BCUT2D eigenvalue weighted by Crippen LogP contribution is 2.14. The van der Waals surface area contributed by atoms with Crippen molar-refractivity contribution in [2.24, 2.45) is 0 Å². The highest BCUT2D eigenvalue weighted by molar-refractivity contribution is 5.97. The number of hydroxylamine groups is 1. The minimum absolute atomic E-state index is 0.0412. The van der Waals surface area contributed by atoms with Crippen molar-refractivity contribution < 1.29 is 29.4 Å². The summed E-state index contributed by atoms with van der Waals surface area (Å²) in [4.78, 5) is 38.3. The number of nitrogens with one attached hydrogen (secondary N) is 3. The van der Waals surface area contributed by atoms with Crippen molar-refractivity contribution in [3.8, 4) is 0 Å². The Morgan fingerprint density at radius 3 is 2.09 bits per heavy atom. The van der Waals surface area contributed by atoms with Crippen LogP contribution in [-0.4, -0.2) is 77.9 Å². The van der Waals surface area contributed by atoms with Crippen LogP contribution in [0, 0.1) is 0 Å². The predicted octanol–water partition coefficient (Wildman–Crippen LogP) is 0.727. The molecule has 1 aliphatic rings. The first-order chi connectivity index (χ1) is 16.9. The molecule has 10 nitrogen and oxygen atoms in total. The Kier molecular flexibility index (Phi) is 9.74. The van der Waals surface area contributed by atoms with Crippen LogP contribution < -0.4 is 16.1 Å². The van der Waals surface area contributed by atoms with E-state index in [4.69, 9.17) is 9.94 Å². The summed E-state index contributed by atoms with van der Waals surface area (Å²) in [5.41, 5.74) is 4.68. The van der Waals surface area contributed by atoms with E-state index in [1.165, 1.54) is 12.4 Å². The number of aliphatic hydroxyl groups is 1. The van der Waals surface area contributed by atoms with Gasteiger partial charge in [-0.15, -0.1) is 0 Å². The predicted molar refractivity (Wildman–Crippen MR) is 129 cm³/mol. The van der Waals surface area contributed by atoms with Crippen molar-refractivity contribution in [3.05, 3.63) is 65.2 Å². The topological polar surface area (TPSA) is 140 Å². The number of hydrogen-bond donors (Lipinski definition) is 5. The molecular formula is C25H32N4O6. The van der Waals surface area contributed by atoms with Gasteiger partial charge < -0.3 is 20.5 Å². The molecule has 5 N–H and O–H groups in total. The van der Waals surface area contributed by atoms with E-state index in [2.05, 4.69) is 15.5 Å². The lowest BCUT2D eigenvalue weighted by molar-refractivity contribution is -0.133. The van der Waals surface area contributed by atoms with Crippen LogP contribution in [0.3, 0.4) is 0 Å². The van der Waals surface area contributed by atoms with Gasteiger partial charge in [0.1, 0.15) is 6.04 Å². The molecule has 35 heavy (non-hydrogen) atoms. The zero-order valence-electron chi connectivity index (χ0n) is 19.7. The summed E-state index contributed by atoms with van der Waals surface area (Å²) < 4.78 is 5.30. The van der Waals surface area contributed by atoms with Crippen LogP contribution in [-0.2, 0) is 27.2 Å². The van der Waals surface area contributed by atoms with Crippen molar-refractivity contribution in [2.75, 3.05) is 38.2 Å². The third-order valence-corrected chi connectivity index (χ3v) is 5.79. The number of carbonyl (C=O) groups is 3. The first-order valence-corrected chi connectivity index (χ1v) is 11.6. The highest BCUT2D eigenvalue weighted by atomic mass is 16.5. The van der Waals surface area contributed by atoms with Gasteiger partial charge in [0.15, 0.2) is 0 Å². The number of nitrogens with zero attached hydrogens (tertiary/aromatic N) is 1. The SMILES string of the molecule is CC(O)C(NC(=O)c1ccc(CCc2ccc(NC(=O)CN3CCOCC3)cc2)cc1)C(=O)NO. The van der Waals surface area contributed by atoms with Crippen LogP contribution >= 0.6 is 0 Å². The molecule has 0 saturated carbocycles. The maximum Gasteiger partial charge on any atom is 0.268 e. The third-order valence-electron chi connectivity index (χ3n) is 5.79. The van der Waals surface area contributed by atoms with Crippen molar-refractivity contribution in [1.29, 1.82) is 0 Å². The second kappa shape index (κ2) is 13.0. The molecule has 1 aliphatic heterocycles. The summed E-state index contributed by atoms with van der Waals surface area (Å²) in [5.74, 6) is -1.47. The Morgan fingerprint density at radius 2 is 1.54 bits per heavy atom. The minimum atomic E-state index is -1.26. The van der Waals surface area contributed by atoms with E-state index in [0.29, 0.717) is 25.3 Å². The Hall–Kier alpha value is -3.31. The Bertz CT molecular complexity index is 988. The molecule has 3 amide bonds. The van der Waals surface area contributed by atoms with Crippen LogP contribution in [0.1, 0.15) is 28.4 Å². The minimum Gasteiger partial charge on any atom is -0.391 e. The fourth-order valence-corrected chi connectivity index (χ4v) is 3.73. The van der Waals surface area contributed by atoms with Gasteiger partial charge in [-0.2, -0.15) is 0 Å². The van der Waals surface area contributed by atoms with Gasteiger partial charge >= 0.3 is 0 Å². The van der Waals surface area contributed by atoms with E-state index in [-0.39, 0.29) is 5.91 Å². The average Bonchev–Trinajstić information content (AvgIpc) is 2.87.